The highest BCUT2D eigenvalue weighted by Gasteiger charge is 2.76. The van der Waals surface area contributed by atoms with Gasteiger partial charge in [-0.1, -0.05) is 54.9 Å². The fraction of sp³-hybridized carbons (Fsp3) is 0.526. The van der Waals surface area contributed by atoms with Crippen molar-refractivity contribution in [3.05, 3.63) is 35.4 Å². The molecule has 3 atom stereocenters. The van der Waals surface area contributed by atoms with Gasteiger partial charge in [0.15, 0.2) is 5.78 Å². The summed E-state index contributed by atoms with van der Waals surface area (Å²) in [5.74, 6) is -0.600. The molecule has 2 amide bonds. The molecule has 0 radical (unpaired) electrons. The number of ketones is 1. The van der Waals surface area contributed by atoms with Crippen LogP contribution in [0.15, 0.2) is 24.3 Å². The van der Waals surface area contributed by atoms with Gasteiger partial charge < -0.3 is 0 Å². The number of alkyl halides is 1. The van der Waals surface area contributed by atoms with E-state index in [1.165, 1.54) is 0 Å². The lowest BCUT2D eigenvalue weighted by Crippen LogP contribution is -2.55. The molecule has 2 saturated carbocycles. The quantitative estimate of drug-likeness (QED) is 0.585. The molecule has 2 aliphatic rings. The third-order valence-electron chi connectivity index (χ3n) is 6.81. The first kappa shape index (κ1) is 18.1. The SMILES string of the molecule is Cc1ccccc1C(=O)NNC(=O)C12CCC(C)(C(=O)C1Br)C2(C)C. The van der Waals surface area contributed by atoms with Gasteiger partial charge in [-0.3, -0.25) is 25.2 Å². The molecular weight excluding hydrogens is 384 g/mol. The summed E-state index contributed by atoms with van der Waals surface area (Å²) in [6.45, 7) is 7.73. The van der Waals surface area contributed by atoms with Gasteiger partial charge in [0.2, 0.25) is 5.91 Å². The Balaban J connectivity index is 1.81. The van der Waals surface area contributed by atoms with Crippen molar-refractivity contribution in [1.82, 2.24) is 10.9 Å². The number of benzene rings is 1. The lowest BCUT2D eigenvalue weighted by Gasteiger charge is -2.39. The number of halogens is 1. The van der Waals surface area contributed by atoms with Crippen molar-refractivity contribution in [3.63, 3.8) is 0 Å². The normalized spacial score (nSPS) is 32.5. The highest BCUT2D eigenvalue weighted by molar-refractivity contribution is 9.10. The monoisotopic (exact) mass is 406 g/mol. The molecule has 0 aliphatic heterocycles. The molecule has 2 fully saturated rings. The number of Topliss-reactive ketones (excluding diaryl/α,β-unsaturated/α-hetero) is 1. The fourth-order valence-corrected chi connectivity index (χ4v) is 6.09. The Kier molecular flexibility index (Phi) is 4.10. The van der Waals surface area contributed by atoms with E-state index in [4.69, 9.17) is 0 Å². The predicted octanol–water partition coefficient (Wildman–Crippen LogP) is 2.91. The first-order valence-electron chi connectivity index (χ1n) is 8.44. The van der Waals surface area contributed by atoms with Gasteiger partial charge in [0.1, 0.15) is 0 Å². The van der Waals surface area contributed by atoms with Gasteiger partial charge in [-0.2, -0.15) is 0 Å². The number of carbonyl (C=O) groups is 3. The number of carbonyl (C=O) groups excluding carboxylic acids is 3. The van der Waals surface area contributed by atoms with Crippen molar-refractivity contribution in [2.45, 2.75) is 45.4 Å². The summed E-state index contributed by atoms with van der Waals surface area (Å²) < 4.78 is 0. The fourth-order valence-electron chi connectivity index (χ4n) is 4.58. The topological polar surface area (TPSA) is 75.3 Å². The van der Waals surface area contributed by atoms with Crippen LogP contribution in [0.5, 0.6) is 0 Å². The van der Waals surface area contributed by atoms with Gasteiger partial charge in [0, 0.05) is 11.0 Å². The maximum Gasteiger partial charge on any atom is 0.269 e. The number of hydrazine groups is 1. The zero-order valence-electron chi connectivity index (χ0n) is 14.9. The smallest absolute Gasteiger partial charge is 0.269 e. The van der Waals surface area contributed by atoms with Crippen LogP contribution in [0.2, 0.25) is 0 Å². The first-order valence-corrected chi connectivity index (χ1v) is 9.36. The first-order chi connectivity index (χ1) is 11.6. The average Bonchev–Trinajstić information content (AvgIpc) is 2.84. The molecule has 5 nitrogen and oxygen atoms in total. The molecule has 2 N–H and O–H groups in total. The molecule has 0 heterocycles. The number of aryl methyl sites for hydroxylation is 1. The Morgan fingerprint density at radius 3 is 2.32 bits per heavy atom. The van der Waals surface area contributed by atoms with E-state index in [2.05, 4.69) is 26.8 Å². The maximum absolute atomic E-state index is 13.1. The summed E-state index contributed by atoms with van der Waals surface area (Å²) in [5.41, 5.74) is 4.53. The standard InChI is InChI=1S/C19H23BrN2O3/c1-11-7-5-6-8-12(11)15(24)21-22-16(25)19-10-9-18(4,17(19,2)3)14(23)13(19)20/h5-8,13H,9-10H2,1-4H3,(H,21,24)(H,22,25). The van der Waals surface area contributed by atoms with Crippen LogP contribution < -0.4 is 10.9 Å². The number of rotatable bonds is 2. The van der Waals surface area contributed by atoms with Crippen LogP contribution in [-0.2, 0) is 9.59 Å². The second-order valence-electron chi connectivity index (χ2n) is 7.88. The average molecular weight is 407 g/mol. The van der Waals surface area contributed by atoms with Crippen LogP contribution in [0.4, 0.5) is 0 Å². The summed E-state index contributed by atoms with van der Waals surface area (Å²) >= 11 is 3.47. The van der Waals surface area contributed by atoms with Gasteiger partial charge >= 0.3 is 0 Å². The van der Waals surface area contributed by atoms with E-state index >= 15 is 0 Å². The van der Waals surface area contributed by atoms with Gasteiger partial charge in [0.05, 0.1) is 10.2 Å². The van der Waals surface area contributed by atoms with Crippen molar-refractivity contribution >= 4 is 33.5 Å². The Morgan fingerprint density at radius 1 is 1.12 bits per heavy atom. The van der Waals surface area contributed by atoms with Crippen molar-refractivity contribution in [1.29, 1.82) is 0 Å². The van der Waals surface area contributed by atoms with Crippen LogP contribution in [0, 0.1) is 23.2 Å². The third kappa shape index (κ3) is 2.16. The molecule has 134 valence electrons. The lowest BCUT2D eigenvalue weighted by molar-refractivity contribution is -0.136. The Labute approximate surface area is 156 Å². The predicted molar refractivity (Wildman–Crippen MR) is 98.1 cm³/mol. The van der Waals surface area contributed by atoms with Crippen molar-refractivity contribution < 1.29 is 14.4 Å². The molecule has 3 rings (SSSR count). The minimum absolute atomic E-state index is 0.0733. The highest BCUT2D eigenvalue weighted by atomic mass is 79.9. The molecular formula is C19H23BrN2O3. The van der Waals surface area contributed by atoms with Crippen LogP contribution in [0.3, 0.4) is 0 Å². The molecule has 25 heavy (non-hydrogen) atoms. The minimum Gasteiger partial charge on any atom is -0.298 e. The molecule has 0 aromatic heterocycles. The molecule has 1 aromatic rings. The van der Waals surface area contributed by atoms with E-state index in [-0.39, 0.29) is 17.6 Å². The zero-order valence-corrected chi connectivity index (χ0v) is 16.5. The Hall–Kier alpha value is -1.69. The summed E-state index contributed by atoms with van der Waals surface area (Å²) in [6, 6.07) is 7.17. The summed E-state index contributed by atoms with van der Waals surface area (Å²) in [6.07, 6.45) is 1.30. The van der Waals surface area contributed by atoms with E-state index in [0.29, 0.717) is 18.4 Å². The molecule has 3 unspecified atom stereocenters. The lowest BCUT2D eigenvalue weighted by atomic mass is 9.64. The van der Waals surface area contributed by atoms with Gasteiger partial charge in [-0.15, -0.1) is 0 Å². The molecule has 0 saturated heterocycles. The van der Waals surface area contributed by atoms with Crippen molar-refractivity contribution in [2.75, 3.05) is 0 Å². The van der Waals surface area contributed by atoms with E-state index in [9.17, 15) is 14.4 Å². The van der Waals surface area contributed by atoms with Gasteiger partial charge in [0.25, 0.3) is 5.91 Å². The van der Waals surface area contributed by atoms with E-state index in [1.54, 1.807) is 12.1 Å². The number of hydrogen-bond acceptors (Lipinski definition) is 3. The summed E-state index contributed by atoms with van der Waals surface area (Å²) in [5, 5.41) is 0. The summed E-state index contributed by atoms with van der Waals surface area (Å²) in [4.78, 5) is 37.6. The molecule has 0 spiro atoms. The van der Waals surface area contributed by atoms with Crippen LogP contribution >= 0.6 is 15.9 Å². The van der Waals surface area contributed by atoms with E-state index < -0.39 is 21.1 Å². The number of nitrogens with one attached hydrogen (secondary N) is 2. The third-order valence-corrected chi connectivity index (χ3v) is 8.00. The Bertz CT molecular complexity index is 776. The van der Waals surface area contributed by atoms with E-state index in [1.807, 2.05) is 39.8 Å². The van der Waals surface area contributed by atoms with Crippen molar-refractivity contribution in [3.8, 4) is 0 Å². The molecule has 6 heteroatoms. The molecule has 2 aliphatic carbocycles. The minimum atomic E-state index is -0.863. The second-order valence-corrected chi connectivity index (χ2v) is 8.79. The largest absolute Gasteiger partial charge is 0.298 e. The van der Waals surface area contributed by atoms with Crippen molar-refractivity contribution in [2.24, 2.45) is 16.2 Å². The molecule has 1 aromatic carbocycles. The summed E-state index contributed by atoms with van der Waals surface area (Å²) in [7, 11) is 0. The van der Waals surface area contributed by atoms with Crippen LogP contribution in [-0.4, -0.2) is 22.4 Å². The zero-order chi connectivity index (χ0) is 18.6. The van der Waals surface area contributed by atoms with E-state index in [0.717, 1.165) is 5.56 Å². The number of amides is 2. The van der Waals surface area contributed by atoms with Gasteiger partial charge in [-0.05, 0) is 36.8 Å². The second kappa shape index (κ2) is 5.66. The number of hydrogen-bond donors (Lipinski definition) is 2. The number of fused-ring (bicyclic) bond motifs is 2. The maximum atomic E-state index is 13.1. The van der Waals surface area contributed by atoms with Crippen LogP contribution in [0.25, 0.3) is 0 Å². The van der Waals surface area contributed by atoms with Crippen LogP contribution in [0.1, 0.15) is 49.5 Å². The highest BCUT2D eigenvalue weighted by Crippen LogP contribution is 2.72. The molecule has 2 bridgehead atoms. The van der Waals surface area contributed by atoms with Gasteiger partial charge in [-0.25, -0.2) is 0 Å². The Morgan fingerprint density at radius 2 is 1.76 bits per heavy atom.